The van der Waals surface area contributed by atoms with E-state index in [-0.39, 0.29) is 23.9 Å². The number of nitro groups is 1. The van der Waals surface area contributed by atoms with Crippen molar-refractivity contribution < 1.29 is 14.5 Å². The van der Waals surface area contributed by atoms with Crippen LogP contribution in [0.15, 0.2) is 18.3 Å². The van der Waals surface area contributed by atoms with Gasteiger partial charge in [0.15, 0.2) is 5.75 Å². The van der Waals surface area contributed by atoms with Crippen LogP contribution in [0, 0.1) is 10.1 Å². The predicted molar refractivity (Wildman–Crippen MR) is 72.1 cm³/mol. The number of hydrogen-bond donors (Lipinski definition) is 0. The monoisotopic (exact) mass is 289 g/mol. The molecule has 2 aromatic rings. The summed E-state index contributed by atoms with van der Waals surface area (Å²) in [6, 6.07) is 2.85. The van der Waals surface area contributed by atoms with Gasteiger partial charge < -0.3 is 9.64 Å². The van der Waals surface area contributed by atoms with Gasteiger partial charge in [-0.15, -0.1) is 5.10 Å². The van der Waals surface area contributed by atoms with Crippen LogP contribution >= 0.6 is 0 Å². The van der Waals surface area contributed by atoms with E-state index in [0.717, 1.165) is 0 Å². The number of benzene rings is 1. The molecule has 1 aromatic heterocycles. The van der Waals surface area contributed by atoms with E-state index in [1.807, 2.05) is 0 Å². The number of anilines is 1. The first-order valence-corrected chi connectivity index (χ1v) is 6.04. The lowest BCUT2D eigenvalue weighted by atomic mass is 10.1. The Morgan fingerprint density at radius 2 is 2.19 bits per heavy atom. The predicted octanol–water partition coefficient (Wildman–Crippen LogP) is 0.838. The van der Waals surface area contributed by atoms with E-state index >= 15 is 0 Å². The Hall–Kier alpha value is -2.97. The number of hydrogen-bond acceptors (Lipinski definition) is 6. The minimum atomic E-state index is -0.528. The molecule has 1 aliphatic rings. The number of amides is 1. The molecule has 9 nitrogen and oxygen atoms in total. The third kappa shape index (κ3) is 1.90. The molecule has 0 fully saturated rings. The summed E-state index contributed by atoms with van der Waals surface area (Å²) in [6.45, 7) is 0.0244. The molecule has 0 saturated heterocycles. The molecule has 0 aliphatic carbocycles. The van der Waals surface area contributed by atoms with Crippen molar-refractivity contribution in [1.82, 2.24) is 15.0 Å². The molecule has 2 heterocycles. The Balaban J connectivity index is 2.33. The maximum atomic E-state index is 12.1. The normalized spacial score (nSPS) is 13.4. The van der Waals surface area contributed by atoms with Crippen LogP contribution in [-0.4, -0.2) is 40.0 Å². The zero-order valence-electron chi connectivity index (χ0n) is 11.3. The van der Waals surface area contributed by atoms with Crippen LogP contribution in [0.3, 0.4) is 0 Å². The van der Waals surface area contributed by atoms with Gasteiger partial charge in [0.25, 0.3) is 0 Å². The summed E-state index contributed by atoms with van der Waals surface area (Å²) in [7, 11) is 2.95. The van der Waals surface area contributed by atoms with Gasteiger partial charge in [-0.05, 0) is 0 Å². The summed E-state index contributed by atoms with van der Waals surface area (Å²) >= 11 is 0. The molecule has 0 radical (unpaired) electrons. The molecule has 0 atom stereocenters. The zero-order valence-corrected chi connectivity index (χ0v) is 11.3. The van der Waals surface area contributed by atoms with Crippen molar-refractivity contribution in [1.29, 1.82) is 0 Å². The zero-order chi connectivity index (χ0) is 15.1. The van der Waals surface area contributed by atoms with Gasteiger partial charge in [-0.1, -0.05) is 5.21 Å². The number of methoxy groups -OCH3 is 1. The van der Waals surface area contributed by atoms with Crippen molar-refractivity contribution in [3.63, 3.8) is 0 Å². The number of nitro benzene ring substituents is 1. The van der Waals surface area contributed by atoms with Crippen LogP contribution in [0.5, 0.6) is 5.75 Å². The fourth-order valence-electron chi connectivity index (χ4n) is 2.30. The second-order valence-corrected chi connectivity index (χ2v) is 4.53. The van der Waals surface area contributed by atoms with E-state index in [4.69, 9.17) is 4.74 Å². The quantitative estimate of drug-likeness (QED) is 0.599. The van der Waals surface area contributed by atoms with Crippen LogP contribution < -0.4 is 9.64 Å². The molecule has 0 bridgehead atoms. The van der Waals surface area contributed by atoms with Crippen molar-refractivity contribution >= 4 is 17.3 Å². The molecule has 1 aliphatic heterocycles. The van der Waals surface area contributed by atoms with Gasteiger partial charge in [0.1, 0.15) is 6.54 Å². The standard InChI is InChI=1S/C12H11N5O4/c1-15-8-4-11(21-2)9(17(19)20)3-7(8)10-5-13-14-16(10)6-12(15)18/h3-5H,6H2,1-2H3. The van der Waals surface area contributed by atoms with Crippen LogP contribution in [0.1, 0.15) is 0 Å². The van der Waals surface area contributed by atoms with Crippen LogP contribution in [0.25, 0.3) is 11.3 Å². The van der Waals surface area contributed by atoms with Crippen LogP contribution in [-0.2, 0) is 11.3 Å². The second kappa shape index (κ2) is 4.54. The first-order chi connectivity index (χ1) is 10.0. The van der Waals surface area contributed by atoms with Gasteiger partial charge in [-0.3, -0.25) is 14.9 Å². The number of aromatic nitrogens is 3. The average Bonchev–Trinajstić information content (AvgIpc) is 2.89. The molecule has 9 heteroatoms. The lowest BCUT2D eigenvalue weighted by molar-refractivity contribution is -0.385. The maximum Gasteiger partial charge on any atom is 0.311 e. The van der Waals surface area contributed by atoms with Crippen LogP contribution in [0.4, 0.5) is 11.4 Å². The van der Waals surface area contributed by atoms with Gasteiger partial charge in [-0.2, -0.15) is 0 Å². The van der Waals surface area contributed by atoms with Gasteiger partial charge in [0, 0.05) is 24.7 Å². The summed E-state index contributed by atoms with van der Waals surface area (Å²) in [5, 5.41) is 18.8. The number of carbonyl (C=O) groups excluding carboxylic acids is 1. The Kier molecular flexibility index (Phi) is 2.82. The topological polar surface area (TPSA) is 103 Å². The van der Waals surface area contributed by atoms with Gasteiger partial charge in [-0.25, -0.2) is 4.68 Å². The lowest BCUT2D eigenvalue weighted by Crippen LogP contribution is -2.28. The number of nitrogens with zero attached hydrogens (tertiary/aromatic N) is 5. The number of carbonyl (C=O) groups is 1. The first kappa shape index (κ1) is 13.0. The molecular weight excluding hydrogens is 278 g/mol. The summed E-state index contributed by atoms with van der Waals surface area (Å²) < 4.78 is 6.47. The Bertz CT molecular complexity index is 754. The Labute approximate surface area is 118 Å². The molecule has 1 amide bonds. The Morgan fingerprint density at radius 3 is 2.86 bits per heavy atom. The third-order valence-electron chi connectivity index (χ3n) is 3.41. The largest absolute Gasteiger partial charge is 0.490 e. The molecule has 3 rings (SSSR count). The van der Waals surface area contributed by atoms with E-state index in [0.29, 0.717) is 16.9 Å². The van der Waals surface area contributed by atoms with E-state index in [9.17, 15) is 14.9 Å². The summed E-state index contributed by atoms with van der Waals surface area (Å²) in [5.41, 5.74) is 1.41. The maximum absolute atomic E-state index is 12.1. The van der Waals surface area contributed by atoms with Crippen molar-refractivity contribution in [2.24, 2.45) is 0 Å². The highest BCUT2D eigenvalue weighted by molar-refractivity contribution is 5.99. The van der Waals surface area contributed by atoms with Crippen molar-refractivity contribution in [3.05, 3.63) is 28.4 Å². The van der Waals surface area contributed by atoms with Gasteiger partial charge >= 0.3 is 5.69 Å². The minimum Gasteiger partial charge on any atom is -0.490 e. The lowest BCUT2D eigenvalue weighted by Gasteiger charge is -2.17. The van der Waals surface area contributed by atoms with Gasteiger partial charge in [0.05, 0.1) is 29.6 Å². The van der Waals surface area contributed by atoms with E-state index in [1.54, 1.807) is 7.05 Å². The number of rotatable bonds is 2. The second-order valence-electron chi connectivity index (χ2n) is 4.53. The molecule has 108 valence electrons. The SMILES string of the molecule is COc1cc2c(cc1[N+](=O)[O-])-c1cnnn1CC(=O)N2C. The minimum absolute atomic E-state index is 0.0244. The molecule has 0 unspecified atom stereocenters. The van der Waals surface area contributed by atoms with Crippen molar-refractivity contribution in [3.8, 4) is 17.0 Å². The molecule has 0 saturated carbocycles. The van der Waals surface area contributed by atoms with E-state index < -0.39 is 4.92 Å². The van der Waals surface area contributed by atoms with Crippen molar-refractivity contribution in [2.75, 3.05) is 19.1 Å². The number of fused-ring (bicyclic) bond motifs is 3. The fraction of sp³-hybridized carbons (Fsp3) is 0.250. The van der Waals surface area contributed by atoms with E-state index in [1.165, 1.54) is 35.0 Å². The summed E-state index contributed by atoms with van der Waals surface area (Å²) in [4.78, 5) is 24.2. The highest BCUT2D eigenvalue weighted by Crippen LogP contribution is 2.40. The molecule has 0 N–H and O–H groups in total. The Morgan fingerprint density at radius 1 is 1.43 bits per heavy atom. The molecular formula is C12H11N5O4. The summed E-state index contributed by atoms with van der Waals surface area (Å²) in [6.07, 6.45) is 1.47. The smallest absolute Gasteiger partial charge is 0.311 e. The van der Waals surface area contributed by atoms with Crippen molar-refractivity contribution in [2.45, 2.75) is 6.54 Å². The molecule has 1 aromatic carbocycles. The fourth-order valence-corrected chi connectivity index (χ4v) is 2.30. The third-order valence-corrected chi connectivity index (χ3v) is 3.41. The molecule has 0 spiro atoms. The van der Waals surface area contributed by atoms with E-state index in [2.05, 4.69) is 10.3 Å². The highest BCUT2D eigenvalue weighted by Gasteiger charge is 2.28. The van der Waals surface area contributed by atoms with Gasteiger partial charge in [0.2, 0.25) is 5.91 Å². The summed E-state index contributed by atoms with van der Waals surface area (Å²) in [5.74, 6) is -0.101. The number of ether oxygens (including phenoxy) is 1. The highest BCUT2D eigenvalue weighted by atomic mass is 16.6. The van der Waals surface area contributed by atoms with Crippen LogP contribution in [0.2, 0.25) is 0 Å². The average molecular weight is 289 g/mol. The first-order valence-electron chi connectivity index (χ1n) is 6.04. The molecule has 21 heavy (non-hydrogen) atoms. The number of likely N-dealkylation sites (N-methyl/N-ethyl adjacent to an activating group) is 1.